The molecule has 6 heteroatoms. The van der Waals surface area contributed by atoms with Crippen molar-refractivity contribution in [2.45, 2.75) is 18.8 Å². The summed E-state index contributed by atoms with van der Waals surface area (Å²) in [6.07, 6.45) is 2.42. The predicted octanol–water partition coefficient (Wildman–Crippen LogP) is 2.60. The second-order valence-corrected chi connectivity index (χ2v) is 6.89. The van der Waals surface area contributed by atoms with E-state index in [2.05, 4.69) is 4.98 Å². The Morgan fingerprint density at radius 2 is 1.85 bits per heavy atom. The predicted molar refractivity (Wildman–Crippen MR) is 101 cm³/mol. The van der Waals surface area contributed by atoms with Gasteiger partial charge in [-0.3, -0.25) is 9.59 Å². The van der Waals surface area contributed by atoms with Crippen LogP contribution in [0, 0.1) is 6.92 Å². The molecule has 0 bridgehead atoms. The van der Waals surface area contributed by atoms with Gasteiger partial charge in [-0.15, -0.1) is 0 Å². The minimum absolute atomic E-state index is 0.155. The molecule has 27 heavy (non-hydrogen) atoms. The van der Waals surface area contributed by atoms with Crippen molar-refractivity contribution in [1.29, 1.82) is 0 Å². The summed E-state index contributed by atoms with van der Waals surface area (Å²) in [7, 11) is 1.39. The number of aryl methyl sites for hydroxylation is 1. The van der Waals surface area contributed by atoms with Gasteiger partial charge in [0, 0.05) is 19.3 Å². The van der Waals surface area contributed by atoms with Crippen LogP contribution in [0.2, 0.25) is 0 Å². The first kappa shape index (κ1) is 17.3. The van der Waals surface area contributed by atoms with E-state index in [4.69, 9.17) is 4.74 Å². The van der Waals surface area contributed by atoms with Gasteiger partial charge < -0.3 is 14.0 Å². The molecule has 0 radical (unpaired) electrons. The smallest absolute Gasteiger partial charge is 0.318 e. The van der Waals surface area contributed by atoms with Gasteiger partial charge in [0.2, 0.25) is 0 Å². The van der Waals surface area contributed by atoms with Crippen molar-refractivity contribution in [1.82, 2.24) is 14.3 Å². The van der Waals surface area contributed by atoms with Crippen LogP contribution >= 0.6 is 0 Å². The molecule has 4 rings (SSSR count). The topological polar surface area (TPSA) is 63.9 Å². The third-order valence-corrected chi connectivity index (χ3v) is 5.43. The summed E-state index contributed by atoms with van der Waals surface area (Å²) in [4.78, 5) is 32.0. The number of hydrogen-bond donors (Lipinski definition) is 0. The number of imidazole rings is 1. The highest BCUT2D eigenvalue weighted by Crippen LogP contribution is 2.36. The van der Waals surface area contributed by atoms with Gasteiger partial charge in [-0.1, -0.05) is 36.4 Å². The van der Waals surface area contributed by atoms with E-state index in [0.717, 1.165) is 16.9 Å². The average Bonchev–Trinajstić information content (AvgIpc) is 3.31. The van der Waals surface area contributed by atoms with Crippen molar-refractivity contribution in [3.63, 3.8) is 0 Å². The highest BCUT2D eigenvalue weighted by molar-refractivity contribution is 5.96. The first-order chi connectivity index (χ1) is 13.1. The Morgan fingerprint density at radius 3 is 2.56 bits per heavy atom. The first-order valence-electron chi connectivity index (χ1n) is 8.94. The maximum Gasteiger partial charge on any atom is 0.318 e. The summed E-state index contributed by atoms with van der Waals surface area (Å²) >= 11 is 0. The SMILES string of the molecule is COC(=O)C1(c2ccccc2)CCN(C(=O)c2nc3ccccn3c2C)C1. The molecule has 0 N–H and O–H groups in total. The molecule has 1 atom stereocenters. The fourth-order valence-electron chi connectivity index (χ4n) is 3.93. The van der Waals surface area contributed by atoms with Crippen LogP contribution in [0.1, 0.15) is 28.2 Å². The van der Waals surface area contributed by atoms with E-state index in [1.807, 2.05) is 66.1 Å². The number of esters is 1. The van der Waals surface area contributed by atoms with Crippen molar-refractivity contribution < 1.29 is 14.3 Å². The van der Waals surface area contributed by atoms with Crippen LogP contribution in [0.3, 0.4) is 0 Å². The monoisotopic (exact) mass is 363 g/mol. The van der Waals surface area contributed by atoms with E-state index < -0.39 is 5.41 Å². The standard InChI is InChI=1S/C21H21N3O3/c1-15-18(22-17-10-6-7-12-24(15)17)19(25)23-13-11-21(14-23,20(26)27-2)16-8-4-3-5-9-16/h3-10,12H,11,13-14H2,1-2H3. The maximum atomic E-state index is 13.2. The summed E-state index contributed by atoms with van der Waals surface area (Å²) in [6.45, 7) is 2.65. The van der Waals surface area contributed by atoms with Crippen LogP contribution < -0.4 is 0 Å². The number of fused-ring (bicyclic) bond motifs is 1. The van der Waals surface area contributed by atoms with Gasteiger partial charge in [0.25, 0.3) is 5.91 Å². The molecule has 1 amide bonds. The van der Waals surface area contributed by atoms with Crippen molar-refractivity contribution >= 4 is 17.5 Å². The lowest BCUT2D eigenvalue weighted by Gasteiger charge is -2.27. The van der Waals surface area contributed by atoms with Crippen LogP contribution in [-0.2, 0) is 14.9 Å². The second-order valence-electron chi connectivity index (χ2n) is 6.89. The summed E-state index contributed by atoms with van der Waals surface area (Å²) in [5, 5.41) is 0. The van der Waals surface area contributed by atoms with Crippen molar-refractivity contribution in [2.24, 2.45) is 0 Å². The minimum atomic E-state index is -0.835. The molecule has 0 aliphatic carbocycles. The lowest BCUT2D eigenvalue weighted by molar-refractivity contribution is -0.147. The van der Waals surface area contributed by atoms with Crippen LogP contribution in [0.15, 0.2) is 54.7 Å². The fraction of sp³-hybridized carbons (Fsp3) is 0.286. The number of amides is 1. The molecule has 0 saturated carbocycles. The molecule has 1 aliphatic rings. The Hall–Kier alpha value is -3.15. The molecule has 138 valence electrons. The molecule has 1 aromatic carbocycles. The van der Waals surface area contributed by atoms with E-state index in [9.17, 15) is 9.59 Å². The molecule has 1 fully saturated rings. The van der Waals surface area contributed by atoms with E-state index >= 15 is 0 Å². The van der Waals surface area contributed by atoms with Crippen molar-refractivity contribution in [3.8, 4) is 0 Å². The molecule has 0 spiro atoms. The zero-order valence-corrected chi connectivity index (χ0v) is 15.4. The number of nitrogens with zero attached hydrogens (tertiary/aromatic N) is 3. The molecule has 3 heterocycles. The van der Waals surface area contributed by atoms with Gasteiger partial charge in [0.15, 0.2) is 0 Å². The Labute approximate surface area is 157 Å². The molecule has 3 aromatic rings. The normalized spacial score (nSPS) is 19.4. The molecule has 1 unspecified atom stereocenters. The summed E-state index contributed by atoms with van der Waals surface area (Å²) in [6, 6.07) is 15.2. The Balaban J connectivity index is 1.68. The molecule has 6 nitrogen and oxygen atoms in total. The van der Waals surface area contributed by atoms with Crippen LogP contribution in [0.5, 0.6) is 0 Å². The number of likely N-dealkylation sites (tertiary alicyclic amines) is 1. The van der Waals surface area contributed by atoms with Gasteiger partial charge in [-0.05, 0) is 31.0 Å². The van der Waals surface area contributed by atoms with Gasteiger partial charge >= 0.3 is 5.97 Å². The summed E-state index contributed by atoms with van der Waals surface area (Å²) in [5.41, 5.74) is 2.00. The average molecular weight is 363 g/mol. The second kappa shape index (κ2) is 6.54. The molecular formula is C21H21N3O3. The van der Waals surface area contributed by atoms with Gasteiger partial charge in [0.05, 0.1) is 12.8 Å². The summed E-state index contributed by atoms with van der Waals surface area (Å²) in [5.74, 6) is -0.464. The fourth-order valence-corrected chi connectivity index (χ4v) is 3.93. The number of rotatable bonds is 3. The van der Waals surface area contributed by atoms with Crippen LogP contribution in [0.4, 0.5) is 0 Å². The highest BCUT2D eigenvalue weighted by Gasteiger charge is 2.48. The number of benzene rings is 1. The molecule has 2 aromatic heterocycles. The number of carbonyl (C=O) groups is 2. The number of hydrogen-bond acceptors (Lipinski definition) is 4. The Kier molecular flexibility index (Phi) is 4.18. The number of carbonyl (C=O) groups excluding carboxylic acids is 2. The lowest BCUT2D eigenvalue weighted by atomic mass is 9.79. The number of aromatic nitrogens is 2. The highest BCUT2D eigenvalue weighted by atomic mass is 16.5. The van der Waals surface area contributed by atoms with Crippen molar-refractivity contribution in [2.75, 3.05) is 20.2 Å². The van der Waals surface area contributed by atoms with E-state index in [-0.39, 0.29) is 18.4 Å². The van der Waals surface area contributed by atoms with Crippen LogP contribution in [0.25, 0.3) is 5.65 Å². The molecule has 1 aliphatic heterocycles. The molecule has 1 saturated heterocycles. The molecular weight excluding hydrogens is 342 g/mol. The number of ether oxygens (including phenoxy) is 1. The zero-order valence-electron chi connectivity index (χ0n) is 15.4. The van der Waals surface area contributed by atoms with Crippen molar-refractivity contribution in [3.05, 3.63) is 71.7 Å². The van der Waals surface area contributed by atoms with Crippen LogP contribution in [-0.4, -0.2) is 46.4 Å². The van der Waals surface area contributed by atoms with E-state index in [0.29, 0.717) is 18.7 Å². The number of pyridine rings is 1. The van der Waals surface area contributed by atoms with Gasteiger partial charge in [0.1, 0.15) is 16.8 Å². The Bertz CT molecular complexity index is 1010. The third-order valence-electron chi connectivity index (χ3n) is 5.43. The third kappa shape index (κ3) is 2.68. The number of methoxy groups -OCH3 is 1. The largest absolute Gasteiger partial charge is 0.468 e. The lowest BCUT2D eigenvalue weighted by Crippen LogP contribution is -2.41. The van der Waals surface area contributed by atoms with Gasteiger partial charge in [-0.2, -0.15) is 0 Å². The Morgan fingerprint density at radius 1 is 1.11 bits per heavy atom. The van der Waals surface area contributed by atoms with Gasteiger partial charge in [-0.25, -0.2) is 4.98 Å². The van der Waals surface area contributed by atoms with E-state index in [1.165, 1.54) is 7.11 Å². The first-order valence-corrected chi connectivity index (χ1v) is 8.94. The zero-order chi connectivity index (χ0) is 19.0. The summed E-state index contributed by atoms with van der Waals surface area (Å²) < 4.78 is 7.00. The minimum Gasteiger partial charge on any atom is -0.468 e. The quantitative estimate of drug-likeness (QED) is 0.671. The van der Waals surface area contributed by atoms with E-state index in [1.54, 1.807) is 4.90 Å². The maximum absolute atomic E-state index is 13.2.